The largest absolute Gasteiger partial charge is 0.381 e. The van der Waals surface area contributed by atoms with Crippen molar-refractivity contribution in [2.24, 2.45) is 65.1 Å². The van der Waals surface area contributed by atoms with E-state index >= 15 is 0 Å². The zero-order chi connectivity index (χ0) is 89.1. The van der Waals surface area contributed by atoms with Crippen LogP contribution in [0.5, 0.6) is 0 Å². The van der Waals surface area contributed by atoms with Crippen LogP contribution < -0.4 is 10.6 Å². The van der Waals surface area contributed by atoms with Gasteiger partial charge in [-0.1, -0.05) is 89.5 Å². The van der Waals surface area contributed by atoms with Crippen LogP contribution in [-0.4, -0.2) is 333 Å². The summed E-state index contributed by atoms with van der Waals surface area (Å²) < 4.78 is 27.0. The smallest absolute Gasteiger partial charge is 0.0753 e. The van der Waals surface area contributed by atoms with Crippen LogP contribution in [0.25, 0.3) is 0 Å². The van der Waals surface area contributed by atoms with E-state index in [1.807, 2.05) is 0 Å². The number of likely N-dealkylation sites (N-methyl/N-ethyl adjacent to an activating group) is 2. The summed E-state index contributed by atoms with van der Waals surface area (Å²) in [6.07, 6.45) is 22.1. The maximum atomic E-state index is 5.60. The lowest BCUT2D eigenvalue weighted by Crippen LogP contribution is -2.58. The number of hydrogen-bond donors (Lipinski definition) is 2. The molecular weight excluding hydrogens is 1460 g/mol. The van der Waals surface area contributed by atoms with Gasteiger partial charge in [0.15, 0.2) is 0 Å². The Hall–Kier alpha value is -0.680. The van der Waals surface area contributed by atoms with Crippen molar-refractivity contribution in [2.75, 3.05) is 218 Å². The fourth-order valence-corrected chi connectivity index (χ4v) is 17.6. The predicted molar refractivity (Wildman–Crippen MR) is 517 cm³/mol. The molecule has 0 aliphatic carbocycles. The molecule has 2 N–H and O–H groups in total. The fourth-order valence-electron chi connectivity index (χ4n) is 17.6. The standard InChI is InChI=1S/C10H22N2.2C9H20N2.C9H19NO.C9H19N.C8H18N2.2C8H17N.3C8H16O.C7H14O/c1-9(2)11-5-7-12(8-6-11)10(3)4;1-8(2)11-6-5-9(7-11)10(3)4;1-8(2)11-6-5-10-9(3,4)7-11;1-8(2)10-5-6-11-9(3,4)7-10;1-8(2)9-4-6-10(3)7-5-9;1-8(2)10-6-4-9(3)5-7-10;1-7(2)8-3-5-9-6-4-8;1-8(2)9-6-4-3-5-7-9;1-7(2)8-3-5-9-6-4-8;1-7(2)8-4-3-5-9-6-8;1-7(2)8-5-3-4-6-9-8;1-6(2)7-3-4-8-5-7/h9-10H,5-8H2,1-4H3;8-9H,5-7H2,1-4H3;8,10H,5-7H2,1-4H3;8H,5-7H2,1-4H3;8-9H,4-7H2,1-3H3;8H,4-7H2,1-3H3;7-9H,3-6H2,1-2H3;8H,3-7H2,1-2H3;3*7-8H,3-6H2,1-2H3;6-7H,3-5H2,1-2H3. The third kappa shape index (κ3) is 55.1. The van der Waals surface area contributed by atoms with Gasteiger partial charge in [-0.25, -0.2) is 0 Å². The van der Waals surface area contributed by atoms with Crippen molar-refractivity contribution in [2.45, 2.75) is 376 Å². The third-order valence-corrected chi connectivity index (χ3v) is 27.6. The van der Waals surface area contributed by atoms with Gasteiger partial charge < -0.3 is 53.9 Å². The number of nitrogens with one attached hydrogen (secondary N) is 2. The van der Waals surface area contributed by atoms with Crippen LogP contribution >= 0.6 is 0 Å². The molecule has 12 saturated heterocycles. The van der Waals surface area contributed by atoms with Crippen molar-refractivity contribution in [3.8, 4) is 0 Å². The van der Waals surface area contributed by atoms with Crippen LogP contribution in [0.15, 0.2) is 0 Å². The Morgan fingerprint density at radius 1 is 0.305 bits per heavy atom. The van der Waals surface area contributed by atoms with Gasteiger partial charge >= 0.3 is 0 Å². The average Bonchev–Trinajstić information content (AvgIpc) is 1.17. The molecule has 12 aliphatic heterocycles. The highest BCUT2D eigenvalue weighted by Gasteiger charge is 2.31. The summed E-state index contributed by atoms with van der Waals surface area (Å²) in [5.74, 6) is 9.58. The molecule has 0 amide bonds. The Bertz CT molecular complexity index is 2010. The molecule has 0 aromatic rings. The van der Waals surface area contributed by atoms with Crippen LogP contribution in [0.3, 0.4) is 0 Å². The minimum Gasteiger partial charge on any atom is -0.381 e. The van der Waals surface area contributed by atoms with Crippen molar-refractivity contribution in [3.63, 3.8) is 0 Å². The molecule has 0 bridgehead atoms. The molecule has 708 valence electrons. The van der Waals surface area contributed by atoms with Crippen molar-refractivity contribution in [1.82, 2.24) is 59.6 Å². The first-order valence-corrected chi connectivity index (χ1v) is 50.1. The van der Waals surface area contributed by atoms with E-state index in [-0.39, 0.29) is 5.60 Å². The first-order valence-electron chi connectivity index (χ1n) is 50.1. The zero-order valence-electron chi connectivity index (χ0n) is 85.9. The second-order valence-corrected chi connectivity index (χ2v) is 43.1. The van der Waals surface area contributed by atoms with Crippen molar-refractivity contribution < 1.29 is 23.7 Å². The van der Waals surface area contributed by atoms with Crippen LogP contribution in [0.2, 0.25) is 0 Å². The van der Waals surface area contributed by atoms with Gasteiger partial charge in [-0.05, 0) is 353 Å². The van der Waals surface area contributed by atoms with Crippen molar-refractivity contribution in [1.29, 1.82) is 0 Å². The Labute approximate surface area is 738 Å². The lowest BCUT2D eigenvalue weighted by molar-refractivity contribution is -0.0936. The van der Waals surface area contributed by atoms with Gasteiger partial charge in [-0.15, -0.1) is 0 Å². The molecule has 0 radical (unpaired) electrons. The van der Waals surface area contributed by atoms with Crippen LogP contribution in [-0.2, 0) is 23.7 Å². The summed E-state index contributed by atoms with van der Waals surface area (Å²) in [6, 6.07) is 5.80. The van der Waals surface area contributed by atoms with Crippen molar-refractivity contribution >= 4 is 0 Å². The second-order valence-electron chi connectivity index (χ2n) is 43.1. The summed E-state index contributed by atoms with van der Waals surface area (Å²) >= 11 is 0. The summed E-state index contributed by atoms with van der Waals surface area (Å²) in [5.41, 5.74) is 0.366. The molecule has 12 fully saturated rings. The van der Waals surface area contributed by atoms with Gasteiger partial charge in [0.05, 0.1) is 18.3 Å². The number of ether oxygens (including phenoxy) is 5. The maximum absolute atomic E-state index is 5.60. The molecule has 12 heterocycles. The molecule has 0 aromatic carbocycles. The molecule has 0 spiro atoms. The summed E-state index contributed by atoms with van der Waals surface area (Å²) in [4.78, 5) is 24.9. The lowest BCUT2D eigenvalue weighted by Gasteiger charge is -2.41. The number of hydrogen-bond acceptors (Lipinski definition) is 17. The number of morpholine rings is 1. The minimum atomic E-state index is 0.0581. The number of nitrogens with zero attached hydrogens (tertiary/aromatic N) is 10. The summed E-state index contributed by atoms with van der Waals surface area (Å²) in [6.45, 7) is 102. The van der Waals surface area contributed by atoms with Gasteiger partial charge in [0, 0.05) is 198 Å². The van der Waals surface area contributed by atoms with Gasteiger partial charge in [0.2, 0.25) is 0 Å². The molecule has 17 nitrogen and oxygen atoms in total. The normalized spacial score (nSPS) is 25.4. The van der Waals surface area contributed by atoms with Gasteiger partial charge in [-0.2, -0.15) is 0 Å². The molecule has 118 heavy (non-hydrogen) atoms. The van der Waals surface area contributed by atoms with Crippen molar-refractivity contribution in [3.05, 3.63) is 0 Å². The van der Waals surface area contributed by atoms with Gasteiger partial charge in [0.25, 0.3) is 0 Å². The van der Waals surface area contributed by atoms with Crippen LogP contribution in [0, 0.1) is 65.1 Å². The minimum absolute atomic E-state index is 0.0581. The van der Waals surface area contributed by atoms with E-state index in [0.717, 1.165) is 168 Å². The van der Waals surface area contributed by atoms with Crippen LogP contribution in [0.4, 0.5) is 0 Å². The van der Waals surface area contributed by atoms with Crippen LogP contribution in [0.1, 0.15) is 310 Å². The Balaban J connectivity index is 0.000000645. The van der Waals surface area contributed by atoms with E-state index in [0.29, 0.717) is 29.6 Å². The number of likely N-dealkylation sites (tertiary alicyclic amines) is 3. The van der Waals surface area contributed by atoms with E-state index in [1.165, 1.54) is 221 Å². The zero-order valence-corrected chi connectivity index (χ0v) is 85.9. The van der Waals surface area contributed by atoms with E-state index < -0.39 is 0 Å². The SMILES string of the molecule is CC(C)C1CCCCO1.CC(C)C1CCCOC1.CC(C)C1CCN(C)CC1.CC(C)C1CCNCC1.CC(C)C1CCOC1.CC(C)C1CCOCC1.CC(C)N1CCC(N(C)C)C1.CC(C)N1CCCCC1.CC(C)N1CCN(C(C)C)CC1.CC(C)N1CCN(C)CC1.CC(C)N1CCNC(C)(C)C1.CC(C)N1CCOC(C)(C)C1. The number of piperazine rings is 3. The molecule has 17 heteroatoms. The predicted octanol–water partition coefficient (Wildman–Crippen LogP) is 19.2. The Morgan fingerprint density at radius 3 is 1.03 bits per heavy atom. The average molecular weight is 1680 g/mol. The lowest BCUT2D eigenvalue weighted by atomic mass is 9.87. The first-order chi connectivity index (χ1) is 55.5. The highest BCUT2D eigenvalue weighted by atomic mass is 16.5. The summed E-state index contributed by atoms with van der Waals surface area (Å²) in [7, 11) is 8.76. The van der Waals surface area contributed by atoms with Gasteiger partial charge in [-0.3, -0.25) is 29.4 Å². The highest BCUT2D eigenvalue weighted by molar-refractivity contribution is 4.88. The molecule has 0 saturated carbocycles. The summed E-state index contributed by atoms with van der Waals surface area (Å²) in [5, 5.41) is 6.87. The highest BCUT2D eigenvalue weighted by Crippen LogP contribution is 2.27. The molecular formula is C101H214N12O5. The Morgan fingerprint density at radius 2 is 0.712 bits per heavy atom. The quantitative estimate of drug-likeness (QED) is 0.172. The maximum Gasteiger partial charge on any atom is 0.0753 e. The van der Waals surface area contributed by atoms with E-state index in [9.17, 15) is 0 Å². The molecule has 12 rings (SSSR count). The monoisotopic (exact) mass is 1680 g/mol. The fraction of sp³-hybridized carbons (Fsp3) is 1.00. The molecule has 0 aromatic heterocycles. The van der Waals surface area contributed by atoms with Gasteiger partial charge in [0.1, 0.15) is 0 Å². The first kappa shape index (κ1) is 115. The van der Waals surface area contributed by atoms with E-state index in [1.54, 1.807) is 0 Å². The van der Waals surface area contributed by atoms with E-state index in [2.05, 4.69) is 296 Å². The Kier molecular flexibility index (Phi) is 64.3. The topological polar surface area (TPSA) is 103 Å². The third-order valence-electron chi connectivity index (χ3n) is 27.6. The molecule has 4 unspecified atom stereocenters. The molecule has 4 atom stereocenters. The number of piperidine rings is 3. The van der Waals surface area contributed by atoms with E-state index in [4.69, 9.17) is 23.7 Å². The number of rotatable bonds is 14. The molecule has 12 aliphatic rings. The second kappa shape index (κ2) is 65.8.